The Labute approximate surface area is 353 Å². The Hall–Kier alpha value is -4.92. The Morgan fingerprint density at radius 1 is 0.534 bits per heavy atom. The van der Waals surface area contributed by atoms with Crippen molar-refractivity contribution >= 4 is 0 Å². The largest absolute Gasteiger partial charge is 0.346 e. The van der Waals surface area contributed by atoms with E-state index in [-0.39, 0.29) is 7.43 Å². The summed E-state index contributed by atoms with van der Waals surface area (Å²) in [5.41, 5.74) is 10.8. The number of aryl methyl sites for hydroxylation is 6. The lowest BCUT2D eigenvalue weighted by atomic mass is 10.1. The highest BCUT2D eigenvalue weighted by Gasteiger charge is 2.03. The minimum absolute atomic E-state index is 0. The van der Waals surface area contributed by atoms with Gasteiger partial charge in [0.1, 0.15) is 5.82 Å². The standard InChI is InChI=1S/3C9H13N.3C7H12N2.CH4/c1-7(2)9-6-8(3)4-5-10-9;1-7(2)9-5-4-8(3)6-10-9;1-7(2)9-6-4-5-8(3)10-9;1-6(2)7-4-9(3)5-8-7;1-6(2)7-4-8-5-9(7)3;1-5(2)7-4-8-6(3)9-7;/h3*4-7H,1-3H3;2*4-6H,1-3H3;4-5H,1-3H3,(H,8,9);1H4. The fraction of sp³-hybridized carbons (Fsp3) is 0.510. The highest BCUT2D eigenvalue weighted by atomic mass is 15.0. The summed E-state index contributed by atoms with van der Waals surface area (Å²) in [6.07, 6.45) is 13.3. The van der Waals surface area contributed by atoms with Gasteiger partial charge < -0.3 is 14.1 Å². The molecule has 0 spiro atoms. The summed E-state index contributed by atoms with van der Waals surface area (Å²) in [5, 5.41) is 0. The van der Waals surface area contributed by atoms with Crippen molar-refractivity contribution in [1.82, 2.24) is 44.0 Å². The number of pyridine rings is 3. The summed E-state index contributed by atoms with van der Waals surface area (Å²) < 4.78 is 4.01. The van der Waals surface area contributed by atoms with Crippen LogP contribution in [0.1, 0.15) is 183 Å². The second-order valence-corrected chi connectivity index (χ2v) is 16.5. The molecule has 58 heavy (non-hydrogen) atoms. The number of H-pyrrole nitrogens is 1. The first-order valence-electron chi connectivity index (χ1n) is 20.5. The summed E-state index contributed by atoms with van der Waals surface area (Å²) in [6, 6.07) is 14.5. The molecule has 9 heteroatoms. The third-order valence-corrected chi connectivity index (χ3v) is 8.66. The van der Waals surface area contributed by atoms with Crippen LogP contribution in [0.5, 0.6) is 0 Å². The molecule has 6 rings (SSSR count). The molecule has 0 aliphatic heterocycles. The van der Waals surface area contributed by atoms with E-state index in [2.05, 4.69) is 162 Å². The molecule has 0 amide bonds. The van der Waals surface area contributed by atoms with Crippen LogP contribution in [0, 0.1) is 27.7 Å². The van der Waals surface area contributed by atoms with Crippen molar-refractivity contribution in [2.45, 2.75) is 154 Å². The van der Waals surface area contributed by atoms with Crippen LogP contribution in [0.3, 0.4) is 0 Å². The third-order valence-electron chi connectivity index (χ3n) is 8.66. The first-order valence-corrected chi connectivity index (χ1v) is 20.5. The fourth-order valence-electron chi connectivity index (χ4n) is 4.97. The van der Waals surface area contributed by atoms with Crippen molar-refractivity contribution in [3.63, 3.8) is 0 Å². The van der Waals surface area contributed by atoms with E-state index in [1.165, 1.54) is 39.6 Å². The van der Waals surface area contributed by atoms with E-state index in [0.717, 1.165) is 17.2 Å². The Morgan fingerprint density at radius 3 is 1.47 bits per heavy atom. The molecule has 0 saturated carbocycles. The molecule has 0 atom stereocenters. The van der Waals surface area contributed by atoms with E-state index in [4.69, 9.17) is 0 Å². The lowest BCUT2D eigenvalue weighted by Crippen LogP contribution is -1.95. The summed E-state index contributed by atoms with van der Waals surface area (Å²) in [6.45, 7) is 33.9. The summed E-state index contributed by atoms with van der Waals surface area (Å²) in [5.74, 6) is 4.31. The van der Waals surface area contributed by atoms with Crippen molar-refractivity contribution in [3.05, 3.63) is 143 Å². The molecular weight excluding hydrogens is 715 g/mol. The van der Waals surface area contributed by atoms with Gasteiger partial charge in [0.2, 0.25) is 0 Å². The van der Waals surface area contributed by atoms with Crippen LogP contribution in [0.2, 0.25) is 0 Å². The van der Waals surface area contributed by atoms with Gasteiger partial charge in [-0.2, -0.15) is 0 Å². The number of nitrogens with zero attached hydrogens (tertiary/aromatic N) is 8. The van der Waals surface area contributed by atoms with Gasteiger partial charge in [-0.3, -0.25) is 15.0 Å². The number of aromatic amines is 1. The van der Waals surface area contributed by atoms with Crippen LogP contribution < -0.4 is 0 Å². The van der Waals surface area contributed by atoms with Crippen LogP contribution in [-0.4, -0.2) is 44.0 Å². The quantitative estimate of drug-likeness (QED) is 0.180. The van der Waals surface area contributed by atoms with Crippen molar-refractivity contribution in [3.8, 4) is 0 Å². The van der Waals surface area contributed by atoms with E-state index < -0.39 is 0 Å². The topological polar surface area (TPSA) is 103 Å². The Bertz CT molecular complexity index is 1830. The molecule has 0 saturated heterocycles. The lowest BCUT2D eigenvalue weighted by Gasteiger charge is -2.03. The second-order valence-electron chi connectivity index (χ2n) is 16.5. The van der Waals surface area contributed by atoms with E-state index in [9.17, 15) is 0 Å². The highest BCUT2D eigenvalue weighted by molar-refractivity contribution is 5.17. The molecule has 0 aliphatic carbocycles. The van der Waals surface area contributed by atoms with E-state index in [1.54, 1.807) is 0 Å². The number of hydrogen-bond acceptors (Lipinski definition) is 6. The molecule has 0 aromatic carbocycles. The molecule has 9 nitrogen and oxygen atoms in total. The van der Waals surface area contributed by atoms with Gasteiger partial charge in [0.05, 0.1) is 18.3 Å². The minimum atomic E-state index is 0. The van der Waals surface area contributed by atoms with Crippen LogP contribution in [0.4, 0.5) is 0 Å². The highest BCUT2D eigenvalue weighted by Crippen LogP contribution is 2.14. The zero-order valence-corrected chi connectivity index (χ0v) is 38.6. The molecule has 0 unspecified atom stereocenters. The second kappa shape index (κ2) is 27.7. The zero-order valence-electron chi connectivity index (χ0n) is 38.6. The van der Waals surface area contributed by atoms with Crippen molar-refractivity contribution in [2.24, 2.45) is 14.1 Å². The normalized spacial score (nSPS) is 10.3. The number of rotatable bonds is 6. The Balaban J connectivity index is 0.000000670. The van der Waals surface area contributed by atoms with Crippen LogP contribution >= 0.6 is 0 Å². The predicted octanol–water partition coefficient (Wildman–Crippen LogP) is 13.1. The van der Waals surface area contributed by atoms with E-state index in [1.807, 2.05) is 92.8 Å². The Kier molecular flexibility index (Phi) is 25.3. The van der Waals surface area contributed by atoms with Crippen LogP contribution in [0.15, 0.2) is 86.1 Å². The lowest BCUT2D eigenvalue weighted by molar-refractivity contribution is 0.740. The monoisotopic (exact) mass is 794 g/mol. The molecule has 6 aromatic rings. The number of aromatic nitrogens is 9. The van der Waals surface area contributed by atoms with Crippen molar-refractivity contribution in [1.29, 1.82) is 0 Å². The van der Waals surface area contributed by atoms with Gasteiger partial charge in [-0.25, -0.2) is 15.0 Å². The maximum absolute atomic E-state index is 4.37. The molecule has 0 aliphatic rings. The molecule has 6 aromatic heterocycles. The van der Waals surface area contributed by atoms with Gasteiger partial charge in [-0.05, 0) is 105 Å². The van der Waals surface area contributed by atoms with Crippen molar-refractivity contribution in [2.75, 3.05) is 0 Å². The summed E-state index contributed by atoms with van der Waals surface area (Å²) >= 11 is 0. The van der Waals surface area contributed by atoms with Gasteiger partial charge in [0.15, 0.2) is 0 Å². The van der Waals surface area contributed by atoms with Gasteiger partial charge >= 0.3 is 0 Å². The van der Waals surface area contributed by atoms with E-state index in [0.29, 0.717) is 35.5 Å². The number of imidazole rings is 3. The first kappa shape index (κ1) is 53.1. The number of hydrogen-bond donors (Lipinski definition) is 1. The molecule has 1 N–H and O–H groups in total. The fourth-order valence-corrected chi connectivity index (χ4v) is 4.97. The molecule has 320 valence electrons. The maximum atomic E-state index is 4.37. The van der Waals surface area contributed by atoms with Crippen LogP contribution in [0.25, 0.3) is 0 Å². The van der Waals surface area contributed by atoms with Crippen LogP contribution in [-0.2, 0) is 14.1 Å². The predicted molar refractivity (Wildman–Crippen MR) is 248 cm³/mol. The average Bonchev–Trinajstić information content (AvgIpc) is 3.91. The smallest absolute Gasteiger partial charge is 0.103 e. The SMILES string of the molecule is C.CC(C)c1cn(C)cn1.CC(C)c1cncn1C.Cc1ccc(C(C)C)nc1.Cc1cccc(C(C)C)n1.Cc1ccnc(C(C)C)c1.Cc1ncc(C(C)C)[nH]1. The van der Waals surface area contributed by atoms with Gasteiger partial charge in [0.25, 0.3) is 0 Å². The third kappa shape index (κ3) is 21.6. The molecular formula is C49H79N9. The molecule has 0 fully saturated rings. The number of nitrogens with one attached hydrogen (secondary N) is 1. The molecule has 0 radical (unpaired) electrons. The first-order chi connectivity index (χ1) is 26.7. The van der Waals surface area contributed by atoms with Gasteiger partial charge in [0, 0.05) is 79.2 Å². The Morgan fingerprint density at radius 2 is 1.16 bits per heavy atom. The zero-order chi connectivity index (χ0) is 43.2. The summed E-state index contributed by atoms with van der Waals surface area (Å²) in [7, 11) is 4.00. The average molecular weight is 794 g/mol. The minimum Gasteiger partial charge on any atom is -0.346 e. The summed E-state index contributed by atoms with van der Waals surface area (Å²) in [4.78, 5) is 28.3. The van der Waals surface area contributed by atoms with Gasteiger partial charge in [-0.15, -0.1) is 0 Å². The maximum Gasteiger partial charge on any atom is 0.103 e. The van der Waals surface area contributed by atoms with Gasteiger partial charge in [-0.1, -0.05) is 103 Å². The molecule has 6 heterocycles. The van der Waals surface area contributed by atoms with Crippen molar-refractivity contribution < 1.29 is 0 Å². The molecule has 0 bridgehead atoms. The van der Waals surface area contributed by atoms with E-state index >= 15 is 0 Å².